The molecule has 0 spiro atoms. The second kappa shape index (κ2) is 7.76. The standard InChI is InChI=1S/C18H33FN2O/c1-14(2)16-6-12-21(13-7-16)17(22)5-4-15(3)18(19)8-10-20-11-9-18/h14-16,20H,4-13H2,1-3H3. The summed E-state index contributed by atoms with van der Waals surface area (Å²) in [5, 5.41) is 3.21. The third kappa shape index (κ3) is 4.43. The van der Waals surface area contributed by atoms with Crippen molar-refractivity contribution < 1.29 is 9.18 Å². The smallest absolute Gasteiger partial charge is 0.222 e. The Morgan fingerprint density at radius 2 is 1.82 bits per heavy atom. The minimum atomic E-state index is -1.07. The highest BCUT2D eigenvalue weighted by Gasteiger charge is 2.37. The summed E-state index contributed by atoms with van der Waals surface area (Å²) in [4.78, 5) is 14.4. The Labute approximate surface area is 135 Å². The summed E-state index contributed by atoms with van der Waals surface area (Å²) in [5.41, 5.74) is -1.07. The van der Waals surface area contributed by atoms with E-state index >= 15 is 0 Å². The molecule has 0 aromatic heterocycles. The van der Waals surface area contributed by atoms with Gasteiger partial charge in [-0.25, -0.2) is 4.39 Å². The largest absolute Gasteiger partial charge is 0.343 e. The molecule has 0 radical (unpaired) electrons. The van der Waals surface area contributed by atoms with Gasteiger partial charge in [0, 0.05) is 19.5 Å². The van der Waals surface area contributed by atoms with Crippen LogP contribution in [0.15, 0.2) is 0 Å². The molecule has 2 saturated heterocycles. The molecule has 1 unspecified atom stereocenters. The number of carbonyl (C=O) groups excluding carboxylic acids is 1. The molecule has 0 aliphatic carbocycles. The highest BCUT2D eigenvalue weighted by Crippen LogP contribution is 2.34. The summed E-state index contributed by atoms with van der Waals surface area (Å²) in [6, 6.07) is 0. The van der Waals surface area contributed by atoms with Gasteiger partial charge in [0.1, 0.15) is 5.67 Å². The maximum atomic E-state index is 14.8. The van der Waals surface area contributed by atoms with E-state index in [0.29, 0.717) is 31.6 Å². The number of alkyl halides is 1. The van der Waals surface area contributed by atoms with Crippen molar-refractivity contribution in [1.29, 1.82) is 0 Å². The van der Waals surface area contributed by atoms with E-state index in [1.54, 1.807) is 0 Å². The van der Waals surface area contributed by atoms with Gasteiger partial charge in [0.05, 0.1) is 0 Å². The number of rotatable bonds is 5. The quantitative estimate of drug-likeness (QED) is 0.844. The Morgan fingerprint density at radius 1 is 1.23 bits per heavy atom. The predicted molar refractivity (Wildman–Crippen MR) is 88.5 cm³/mol. The first kappa shape index (κ1) is 17.7. The van der Waals surface area contributed by atoms with Crippen LogP contribution < -0.4 is 5.32 Å². The number of amides is 1. The van der Waals surface area contributed by atoms with Crippen molar-refractivity contribution in [2.45, 2.75) is 65.0 Å². The minimum Gasteiger partial charge on any atom is -0.343 e. The molecule has 2 rings (SSSR count). The Hall–Kier alpha value is -0.640. The first-order chi connectivity index (χ1) is 10.4. The van der Waals surface area contributed by atoms with Crippen LogP contribution in [0.25, 0.3) is 0 Å². The van der Waals surface area contributed by atoms with Crippen LogP contribution in [0.1, 0.15) is 59.3 Å². The molecule has 22 heavy (non-hydrogen) atoms. The zero-order valence-electron chi connectivity index (χ0n) is 14.5. The number of piperidine rings is 2. The van der Waals surface area contributed by atoms with E-state index < -0.39 is 5.67 Å². The van der Waals surface area contributed by atoms with E-state index in [-0.39, 0.29) is 11.8 Å². The number of hydrogen-bond acceptors (Lipinski definition) is 2. The van der Waals surface area contributed by atoms with E-state index in [1.165, 1.54) is 0 Å². The van der Waals surface area contributed by atoms with Crippen molar-refractivity contribution >= 4 is 5.91 Å². The van der Waals surface area contributed by atoms with E-state index in [2.05, 4.69) is 19.2 Å². The van der Waals surface area contributed by atoms with Gasteiger partial charge in [-0.2, -0.15) is 0 Å². The van der Waals surface area contributed by atoms with Crippen molar-refractivity contribution in [1.82, 2.24) is 10.2 Å². The fourth-order valence-corrected chi connectivity index (χ4v) is 3.91. The molecule has 128 valence electrons. The predicted octanol–water partition coefficient (Wildman–Crippen LogP) is 3.39. The van der Waals surface area contributed by atoms with Crippen molar-refractivity contribution in [3.05, 3.63) is 0 Å². The molecule has 1 atom stereocenters. The summed E-state index contributed by atoms with van der Waals surface area (Å²) in [6.45, 7) is 9.81. The fourth-order valence-electron chi connectivity index (χ4n) is 3.91. The van der Waals surface area contributed by atoms with E-state index in [1.807, 2.05) is 11.8 Å². The Bertz CT molecular complexity index is 358. The topological polar surface area (TPSA) is 32.3 Å². The molecule has 0 aromatic rings. The molecule has 0 aromatic carbocycles. The minimum absolute atomic E-state index is 0.0215. The van der Waals surface area contributed by atoms with Crippen molar-refractivity contribution in [3.8, 4) is 0 Å². The van der Waals surface area contributed by atoms with Crippen LogP contribution in [0.5, 0.6) is 0 Å². The van der Waals surface area contributed by atoms with Gasteiger partial charge < -0.3 is 10.2 Å². The molecule has 2 fully saturated rings. The van der Waals surface area contributed by atoms with Gasteiger partial charge in [0.25, 0.3) is 0 Å². The van der Waals surface area contributed by atoms with Crippen LogP contribution in [0.2, 0.25) is 0 Å². The third-order valence-electron chi connectivity index (χ3n) is 5.94. The number of hydrogen-bond donors (Lipinski definition) is 1. The van der Waals surface area contributed by atoms with Crippen LogP contribution in [-0.4, -0.2) is 42.7 Å². The summed E-state index contributed by atoms with van der Waals surface area (Å²) >= 11 is 0. The van der Waals surface area contributed by atoms with Gasteiger partial charge in [-0.3, -0.25) is 4.79 Å². The van der Waals surface area contributed by atoms with E-state index in [9.17, 15) is 9.18 Å². The van der Waals surface area contributed by atoms with Crippen molar-refractivity contribution in [2.24, 2.45) is 17.8 Å². The van der Waals surface area contributed by atoms with E-state index in [0.717, 1.165) is 44.9 Å². The van der Waals surface area contributed by atoms with Gasteiger partial charge >= 0.3 is 0 Å². The Morgan fingerprint density at radius 3 is 2.36 bits per heavy atom. The molecule has 3 nitrogen and oxygen atoms in total. The van der Waals surface area contributed by atoms with Gasteiger partial charge in [-0.15, -0.1) is 0 Å². The highest BCUT2D eigenvalue weighted by molar-refractivity contribution is 5.76. The molecule has 2 heterocycles. The monoisotopic (exact) mass is 312 g/mol. The van der Waals surface area contributed by atoms with Crippen LogP contribution in [0.4, 0.5) is 4.39 Å². The summed E-state index contributed by atoms with van der Waals surface area (Å²) in [6.07, 6.45) is 4.60. The molecule has 2 aliphatic heterocycles. The first-order valence-electron chi connectivity index (χ1n) is 9.10. The average Bonchev–Trinajstić information content (AvgIpc) is 2.53. The van der Waals surface area contributed by atoms with Gasteiger partial charge in [-0.05, 0) is 62.9 Å². The number of likely N-dealkylation sites (tertiary alicyclic amines) is 1. The first-order valence-corrected chi connectivity index (χ1v) is 9.10. The number of nitrogens with one attached hydrogen (secondary N) is 1. The third-order valence-corrected chi connectivity index (χ3v) is 5.94. The second-order valence-electron chi connectivity index (χ2n) is 7.69. The normalized spacial score (nSPS) is 24.5. The molecule has 4 heteroatoms. The van der Waals surface area contributed by atoms with Crippen LogP contribution >= 0.6 is 0 Å². The Balaban J connectivity index is 1.73. The SMILES string of the molecule is CC(C)C1CCN(C(=O)CCC(C)C2(F)CCNCC2)CC1. The molecule has 1 N–H and O–H groups in total. The lowest BCUT2D eigenvalue weighted by atomic mass is 9.80. The summed E-state index contributed by atoms with van der Waals surface area (Å²) in [7, 11) is 0. The lowest BCUT2D eigenvalue weighted by Crippen LogP contribution is -2.44. The zero-order chi connectivity index (χ0) is 16.2. The maximum Gasteiger partial charge on any atom is 0.222 e. The van der Waals surface area contributed by atoms with Crippen LogP contribution in [-0.2, 0) is 4.79 Å². The molecule has 1 amide bonds. The number of carbonyl (C=O) groups is 1. The molecule has 0 saturated carbocycles. The number of halogens is 1. The van der Waals surface area contributed by atoms with Crippen LogP contribution in [0.3, 0.4) is 0 Å². The van der Waals surface area contributed by atoms with Crippen molar-refractivity contribution in [2.75, 3.05) is 26.2 Å². The highest BCUT2D eigenvalue weighted by atomic mass is 19.1. The summed E-state index contributed by atoms with van der Waals surface area (Å²) < 4.78 is 14.8. The second-order valence-corrected chi connectivity index (χ2v) is 7.69. The number of nitrogens with zero attached hydrogens (tertiary/aromatic N) is 1. The molecular weight excluding hydrogens is 279 g/mol. The van der Waals surface area contributed by atoms with E-state index in [4.69, 9.17) is 0 Å². The van der Waals surface area contributed by atoms with Crippen LogP contribution in [0, 0.1) is 17.8 Å². The molecule has 2 aliphatic rings. The van der Waals surface area contributed by atoms with Gasteiger partial charge in [-0.1, -0.05) is 20.8 Å². The molecule has 0 bridgehead atoms. The summed E-state index contributed by atoms with van der Waals surface area (Å²) in [5.74, 6) is 1.67. The fraction of sp³-hybridized carbons (Fsp3) is 0.944. The Kier molecular flexibility index (Phi) is 6.25. The lowest BCUT2D eigenvalue weighted by molar-refractivity contribution is -0.133. The maximum absolute atomic E-state index is 14.8. The lowest BCUT2D eigenvalue weighted by Gasteiger charge is -2.36. The van der Waals surface area contributed by atoms with Gasteiger partial charge in [0.15, 0.2) is 0 Å². The molecular formula is C18H33FN2O. The average molecular weight is 312 g/mol. The van der Waals surface area contributed by atoms with Gasteiger partial charge in [0.2, 0.25) is 5.91 Å². The zero-order valence-corrected chi connectivity index (χ0v) is 14.5. The van der Waals surface area contributed by atoms with Crippen molar-refractivity contribution in [3.63, 3.8) is 0 Å².